The summed E-state index contributed by atoms with van der Waals surface area (Å²) in [7, 11) is -3.88. The normalized spacial score (nSPS) is 14.1. The highest BCUT2D eigenvalue weighted by Gasteiger charge is 2.18. The zero-order valence-corrected chi connectivity index (χ0v) is 18.9. The standard InChI is InChI=1S/C24H24FN3O4S/c1-17-16-19(25)4-11-23(17)33(30,31)27-21-5-2-18(3-6-21)24(29)26-20-7-9-22(10-8-20)28-12-14-32-15-13-28/h2-11,16,27H,12-15H2,1H3,(H,26,29). The third kappa shape index (κ3) is 5.50. The van der Waals surface area contributed by atoms with Gasteiger partial charge in [0.2, 0.25) is 0 Å². The average Bonchev–Trinajstić information content (AvgIpc) is 2.80. The largest absolute Gasteiger partial charge is 0.378 e. The van der Waals surface area contributed by atoms with E-state index in [2.05, 4.69) is 14.9 Å². The van der Waals surface area contributed by atoms with Crippen molar-refractivity contribution in [3.05, 3.63) is 83.7 Å². The summed E-state index contributed by atoms with van der Waals surface area (Å²) in [6, 6.07) is 17.2. The van der Waals surface area contributed by atoms with E-state index in [9.17, 15) is 17.6 Å². The van der Waals surface area contributed by atoms with Crippen LogP contribution in [0.1, 0.15) is 15.9 Å². The molecule has 1 aliphatic heterocycles. The van der Waals surface area contributed by atoms with Crippen LogP contribution in [0.25, 0.3) is 0 Å². The van der Waals surface area contributed by atoms with Crippen molar-refractivity contribution in [2.45, 2.75) is 11.8 Å². The number of carbonyl (C=O) groups excluding carboxylic acids is 1. The zero-order chi connectivity index (χ0) is 23.4. The number of carbonyl (C=O) groups is 1. The SMILES string of the molecule is Cc1cc(F)ccc1S(=O)(=O)Nc1ccc(C(=O)Nc2ccc(N3CCOCC3)cc2)cc1. The van der Waals surface area contributed by atoms with Crippen LogP contribution in [0.2, 0.25) is 0 Å². The van der Waals surface area contributed by atoms with Crippen LogP contribution in [0.3, 0.4) is 0 Å². The predicted octanol–water partition coefficient (Wildman–Crippen LogP) is 4.02. The molecule has 0 aliphatic carbocycles. The molecular weight excluding hydrogens is 445 g/mol. The lowest BCUT2D eigenvalue weighted by Crippen LogP contribution is -2.36. The molecule has 9 heteroatoms. The van der Waals surface area contributed by atoms with Gasteiger partial charge in [-0.15, -0.1) is 0 Å². The van der Waals surface area contributed by atoms with Gasteiger partial charge in [0.15, 0.2) is 0 Å². The Kier molecular flexibility index (Phi) is 6.62. The number of benzene rings is 3. The summed E-state index contributed by atoms with van der Waals surface area (Å²) in [6.07, 6.45) is 0. The van der Waals surface area contributed by atoms with Crippen LogP contribution in [0, 0.1) is 12.7 Å². The Hall–Kier alpha value is -3.43. The molecule has 4 rings (SSSR count). The van der Waals surface area contributed by atoms with Crippen molar-refractivity contribution >= 4 is 33.0 Å². The Morgan fingerprint density at radius 3 is 2.21 bits per heavy atom. The fourth-order valence-electron chi connectivity index (χ4n) is 3.59. The van der Waals surface area contributed by atoms with Gasteiger partial charge >= 0.3 is 0 Å². The van der Waals surface area contributed by atoms with Crippen LogP contribution >= 0.6 is 0 Å². The van der Waals surface area contributed by atoms with Crippen molar-refractivity contribution in [3.8, 4) is 0 Å². The molecule has 0 saturated carbocycles. The molecule has 1 aliphatic rings. The van der Waals surface area contributed by atoms with Crippen molar-refractivity contribution in [3.63, 3.8) is 0 Å². The lowest BCUT2D eigenvalue weighted by Gasteiger charge is -2.28. The van der Waals surface area contributed by atoms with Gasteiger partial charge in [0.25, 0.3) is 15.9 Å². The minimum absolute atomic E-state index is 0.00811. The first-order valence-corrected chi connectivity index (χ1v) is 11.9. The third-order valence-electron chi connectivity index (χ3n) is 5.33. The molecule has 2 N–H and O–H groups in total. The smallest absolute Gasteiger partial charge is 0.262 e. The molecule has 0 atom stereocenters. The number of nitrogens with one attached hydrogen (secondary N) is 2. The van der Waals surface area contributed by atoms with Crippen molar-refractivity contribution in [1.82, 2.24) is 0 Å². The highest BCUT2D eigenvalue weighted by Crippen LogP contribution is 2.22. The summed E-state index contributed by atoms with van der Waals surface area (Å²) in [4.78, 5) is 14.8. The number of ether oxygens (including phenoxy) is 1. The summed E-state index contributed by atoms with van der Waals surface area (Å²) in [5, 5.41) is 2.84. The van der Waals surface area contributed by atoms with Gasteiger partial charge in [-0.1, -0.05) is 0 Å². The molecule has 33 heavy (non-hydrogen) atoms. The van der Waals surface area contributed by atoms with Crippen LogP contribution < -0.4 is 14.9 Å². The monoisotopic (exact) mass is 469 g/mol. The van der Waals surface area contributed by atoms with Crippen LogP contribution in [0.5, 0.6) is 0 Å². The number of nitrogens with zero attached hydrogens (tertiary/aromatic N) is 1. The first-order valence-electron chi connectivity index (χ1n) is 10.4. The second-order valence-corrected chi connectivity index (χ2v) is 9.34. The summed E-state index contributed by atoms with van der Waals surface area (Å²) in [6.45, 7) is 4.60. The Balaban J connectivity index is 1.40. The van der Waals surface area contributed by atoms with Gasteiger partial charge in [-0.05, 0) is 79.2 Å². The number of aryl methyl sites for hydroxylation is 1. The number of halogens is 1. The van der Waals surface area contributed by atoms with Gasteiger partial charge in [-0.2, -0.15) is 0 Å². The highest BCUT2D eigenvalue weighted by atomic mass is 32.2. The maximum atomic E-state index is 13.3. The maximum absolute atomic E-state index is 13.3. The molecule has 0 aromatic heterocycles. The molecule has 172 valence electrons. The second kappa shape index (κ2) is 9.60. The lowest BCUT2D eigenvalue weighted by molar-refractivity contribution is 0.102. The number of anilines is 3. The van der Waals surface area contributed by atoms with E-state index in [-0.39, 0.29) is 10.8 Å². The molecule has 7 nitrogen and oxygen atoms in total. The van der Waals surface area contributed by atoms with Crippen LogP contribution in [-0.4, -0.2) is 40.6 Å². The van der Waals surface area contributed by atoms with Gasteiger partial charge in [-0.3, -0.25) is 9.52 Å². The molecule has 1 fully saturated rings. The van der Waals surface area contributed by atoms with Crippen LogP contribution in [-0.2, 0) is 14.8 Å². The van der Waals surface area contributed by atoms with Crippen molar-refractivity contribution in [2.75, 3.05) is 41.2 Å². The number of rotatable bonds is 6. The van der Waals surface area contributed by atoms with Gasteiger partial charge in [0, 0.05) is 35.7 Å². The molecule has 0 spiro atoms. The first kappa shape index (κ1) is 22.8. The summed E-state index contributed by atoms with van der Waals surface area (Å²) in [5.74, 6) is -0.810. The van der Waals surface area contributed by atoms with E-state index in [1.54, 1.807) is 0 Å². The second-order valence-electron chi connectivity index (χ2n) is 7.69. The number of morpholine rings is 1. The summed E-state index contributed by atoms with van der Waals surface area (Å²) < 4.78 is 46.3. The molecule has 3 aromatic carbocycles. The number of amides is 1. The number of sulfonamides is 1. The Bertz CT molecular complexity index is 1240. The fourth-order valence-corrected chi connectivity index (χ4v) is 4.88. The van der Waals surface area contributed by atoms with E-state index in [0.29, 0.717) is 35.7 Å². The molecule has 0 radical (unpaired) electrons. The lowest BCUT2D eigenvalue weighted by atomic mass is 10.2. The van der Waals surface area contributed by atoms with E-state index in [1.807, 2.05) is 24.3 Å². The van der Waals surface area contributed by atoms with Crippen molar-refractivity contribution in [1.29, 1.82) is 0 Å². The Morgan fingerprint density at radius 2 is 1.58 bits per heavy atom. The molecule has 3 aromatic rings. The van der Waals surface area contributed by atoms with E-state index >= 15 is 0 Å². The van der Waals surface area contributed by atoms with E-state index in [4.69, 9.17) is 4.74 Å². The quantitative estimate of drug-likeness (QED) is 0.569. The minimum atomic E-state index is -3.88. The van der Waals surface area contributed by atoms with E-state index in [0.717, 1.165) is 30.9 Å². The topological polar surface area (TPSA) is 87.7 Å². The summed E-state index contributed by atoms with van der Waals surface area (Å²) >= 11 is 0. The molecular formula is C24H24FN3O4S. The summed E-state index contributed by atoms with van der Waals surface area (Å²) in [5.41, 5.74) is 2.72. The first-order chi connectivity index (χ1) is 15.8. The molecule has 1 amide bonds. The van der Waals surface area contributed by atoms with E-state index in [1.165, 1.54) is 37.3 Å². The number of hydrogen-bond acceptors (Lipinski definition) is 5. The average molecular weight is 470 g/mol. The number of hydrogen-bond donors (Lipinski definition) is 2. The van der Waals surface area contributed by atoms with Gasteiger partial charge in [0.05, 0.1) is 18.1 Å². The van der Waals surface area contributed by atoms with Crippen LogP contribution in [0.15, 0.2) is 71.6 Å². The van der Waals surface area contributed by atoms with Crippen LogP contribution in [0.4, 0.5) is 21.5 Å². The van der Waals surface area contributed by atoms with Gasteiger partial charge in [-0.25, -0.2) is 12.8 Å². The third-order valence-corrected chi connectivity index (χ3v) is 6.87. The molecule has 0 bridgehead atoms. The molecule has 1 saturated heterocycles. The Morgan fingerprint density at radius 1 is 0.939 bits per heavy atom. The molecule has 0 unspecified atom stereocenters. The zero-order valence-electron chi connectivity index (χ0n) is 18.0. The Labute approximate surface area is 192 Å². The van der Waals surface area contributed by atoms with Crippen molar-refractivity contribution in [2.24, 2.45) is 0 Å². The minimum Gasteiger partial charge on any atom is -0.378 e. The van der Waals surface area contributed by atoms with Gasteiger partial charge in [0.1, 0.15) is 5.82 Å². The van der Waals surface area contributed by atoms with Crippen molar-refractivity contribution < 1.29 is 22.3 Å². The highest BCUT2D eigenvalue weighted by molar-refractivity contribution is 7.92. The molecule has 1 heterocycles. The maximum Gasteiger partial charge on any atom is 0.262 e. The van der Waals surface area contributed by atoms with Gasteiger partial charge < -0.3 is 15.0 Å². The van der Waals surface area contributed by atoms with E-state index < -0.39 is 15.8 Å². The predicted molar refractivity (Wildman–Crippen MR) is 126 cm³/mol. The fraction of sp³-hybridized carbons (Fsp3) is 0.208.